The SMILES string of the molecule is CCCCC#CCCOC(=O)CCCCCCCN(CCCCO)CCCCCCCC(O)OC(CCCCCCCC)CCCCCCCC. The number of carbonyl (C=O) groups excluding carboxylic acids is 1. The Hall–Kier alpha value is -1.13. The molecule has 0 aromatic carbocycles. The summed E-state index contributed by atoms with van der Waals surface area (Å²) in [6, 6.07) is 0. The Balaban J connectivity index is 4.13. The van der Waals surface area contributed by atoms with Crippen molar-refractivity contribution in [1.29, 1.82) is 0 Å². The van der Waals surface area contributed by atoms with Crippen LogP contribution < -0.4 is 0 Å². The van der Waals surface area contributed by atoms with E-state index in [0.717, 1.165) is 103 Å². The number of aliphatic hydroxyl groups excluding tert-OH is 2. The van der Waals surface area contributed by atoms with Gasteiger partial charge in [0.15, 0.2) is 6.29 Å². The average molecular weight is 722 g/mol. The number of esters is 1. The highest BCUT2D eigenvalue weighted by atomic mass is 16.6. The maximum Gasteiger partial charge on any atom is 0.305 e. The van der Waals surface area contributed by atoms with Crippen molar-refractivity contribution < 1.29 is 24.5 Å². The van der Waals surface area contributed by atoms with E-state index in [0.29, 0.717) is 19.4 Å². The van der Waals surface area contributed by atoms with Crippen LogP contribution in [0.15, 0.2) is 0 Å². The lowest BCUT2D eigenvalue weighted by Gasteiger charge is -2.22. The largest absolute Gasteiger partial charge is 0.465 e. The number of hydrogen-bond donors (Lipinski definition) is 2. The van der Waals surface area contributed by atoms with E-state index in [1.807, 2.05) is 0 Å². The van der Waals surface area contributed by atoms with Crippen molar-refractivity contribution in [2.75, 3.05) is 32.8 Å². The van der Waals surface area contributed by atoms with E-state index >= 15 is 0 Å². The summed E-state index contributed by atoms with van der Waals surface area (Å²) in [5.74, 6) is 6.13. The first kappa shape index (κ1) is 49.9. The van der Waals surface area contributed by atoms with Gasteiger partial charge >= 0.3 is 5.97 Å². The summed E-state index contributed by atoms with van der Waals surface area (Å²) < 4.78 is 11.5. The topological polar surface area (TPSA) is 79.2 Å². The third kappa shape index (κ3) is 38.4. The first-order chi connectivity index (χ1) is 25.1. The van der Waals surface area contributed by atoms with E-state index in [9.17, 15) is 15.0 Å². The van der Waals surface area contributed by atoms with Crippen molar-refractivity contribution >= 4 is 5.97 Å². The van der Waals surface area contributed by atoms with Crippen LogP contribution in [0.4, 0.5) is 0 Å². The lowest BCUT2D eigenvalue weighted by molar-refractivity contribution is -0.144. The Morgan fingerprint density at radius 1 is 0.549 bits per heavy atom. The molecule has 1 atom stereocenters. The Morgan fingerprint density at radius 2 is 1.00 bits per heavy atom. The number of unbranched alkanes of at least 4 members (excludes halogenated alkanes) is 21. The molecule has 51 heavy (non-hydrogen) atoms. The fourth-order valence-electron chi connectivity index (χ4n) is 6.71. The Kier molecular flexibility index (Phi) is 40.7. The molecule has 0 rings (SSSR count). The monoisotopic (exact) mass is 722 g/mol. The van der Waals surface area contributed by atoms with Crippen molar-refractivity contribution in [1.82, 2.24) is 4.90 Å². The van der Waals surface area contributed by atoms with Crippen LogP contribution in [0.1, 0.15) is 226 Å². The summed E-state index contributed by atoms with van der Waals surface area (Å²) >= 11 is 0. The predicted molar refractivity (Wildman–Crippen MR) is 218 cm³/mol. The second-order valence-corrected chi connectivity index (χ2v) is 15.1. The number of aliphatic hydroxyl groups is 2. The zero-order chi connectivity index (χ0) is 37.3. The lowest BCUT2D eigenvalue weighted by Crippen LogP contribution is -2.27. The Bertz CT molecular complexity index is 749. The molecule has 6 nitrogen and oxygen atoms in total. The van der Waals surface area contributed by atoms with E-state index in [1.54, 1.807) is 0 Å². The minimum absolute atomic E-state index is 0.0869. The fourth-order valence-corrected chi connectivity index (χ4v) is 6.71. The van der Waals surface area contributed by atoms with E-state index in [2.05, 4.69) is 37.5 Å². The molecule has 0 aromatic heterocycles. The van der Waals surface area contributed by atoms with Crippen molar-refractivity contribution in [3.05, 3.63) is 0 Å². The molecule has 0 aromatic rings. The van der Waals surface area contributed by atoms with E-state index < -0.39 is 6.29 Å². The summed E-state index contributed by atoms with van der Waals surface area (Å²) in [5, 5.41) is 20.0. The Morgan fingerprint density at radius 3 is 1.55 bits per heavy atom. The first-order valence-corrected chi connectivity index (χ1v) is 22.3. The molecule has 0 radical (unpaired) electrons. The van der Waals surface area contributed by atoms with E-state index in [-0.39, 0.29) is 18.7 Å². The molecule has 0 spiro atoms. The van der Waals surface area contributed by atoms with Crippen LogP contribution >= 0.6 is 0 Å². The molecule has 0 aliphatic heterocycles. The van der Waals surface area contributed by atoms with Gasteiger partial charge in [-0.2, -0.15) is 0 Å². The minimum Gasteiger partial charge on any atom is -0.465 e. The van der Waals surface area contributed by atoms with Crippen LogP contribution in [-0.4, -0.2) is 66.3 Å². The summed E-state index contributed by atoms with van der Waals surface area (Å²) in [6.45, 7) is 10.7. The average Bonchev–Trinajstić information content (AvgIpc) is 3.12. The van der Waals surface area contributed by atoms with Gasteiger partial charge in [0.25, 0.3) is 0 Å². The zero-order valence-corrected chi connectivity index (χ0v) is 34.4. The first-order valence-electron chi connectivity index (χ1n) is 22.3. The summed E-state index contributed by atoms with van der Waals surface area (Å²) in [4.78, 5) is 14.5. The molecule has 1 unspecified atom stereocenters. The van der Waals surface area contributed by atoms with Gasteiger partial charge in [0.1, 0.15) is 6.61 Å². The van der Waals surface area contributed by atoms with Crippen LogP contribution in [-0.2, 0) is 14.3 Å². The smallest absolute Gasteiger partial charge is 0.305 e. The molecule has 0 bridgehead atoms. The third-order valence-corrected chi connectivity index (χ3v) is 10.0. The van der Waals surface area contributed by atoms with Crippen LogP contribution in [0.25, 0.3) is 0 Å². The van der Waals surface area contributed by atoms with Gasteiger partial charge in [-0.25, -0.2) is 0 Å². The molecule has 6 heteroatoms. The number of rotatable bonds is 40. The molecular weight excluding hydrogens is 634 g/mol. The van der Waals surface area contributed by atoms with Crippen molar-refractivity contribution in [2.24, 2.45) is 0 Å². The van der Waals surface area contributed by atoms with Gasteiger partial charge in [-0.05, 0) is 83.8 Å². The number of ether oxygens (including phenoxy) is 2. The van der Waals surface area contributed by atoms with Crippen LogP contribution in [0.5, 0.6) is 0 Å². The second kappa shape index (κ2) is 41.6. The van der Waals surface area contributed by atoms with Crippen molar-refractivity contribution in [2.45, 2.75) is 239 Å². The number of hydrogen-bond acceptors (Lipinski definition) is 6. The van der Waals surface area contributed by atoms with Crippen molar-refractivity contribution in [3.8, 4) is 11.8 Å². The lowest BCUT2D eigenvalue weighted by atomic mass is 10.0. The van der Waals surface area contributed by atoms with Crippen LogP contribution in [0.2, 0.25) is 0 Å². The van der Waals surface area contributed by atoms with Gasteiger partial charge in [-0.1, -0.05) is 149 Å². The predicted octanol–water partition coefficient (Wildman–Crippen LogP) is 12.1. The highest BCUT2D eigenvalue weighted by Crippen LogP contribution is 2.20. The van der Waals surface area contributed by atoms with Crippen LogP contribution in [0.3, 0.4) is 0 Å². The van der Waals surface area contributed by atoms with Crippen LogP contribution in [0, 0.1) is 11.8 Å². The van der Waals surface area contributed by atoms with Gasteiger partial charge in [-0.3, -0.25) is 4.79 Å². The van der Waals surface area contributed by atoms with Gasteiger partial charge in [0, 0.05) is 25.9 Å². The zero-order valence-electron chi connectivity index (χ0n) is 34.4. The van der Waals surface area contributed by atoms with Gasteiger partial charge in [0.05, 0.1) is 6.10 Å². The normalized spacial score (nSPS) is 12.1. The minimum atomic E-state index is -0.615. The molecule has 0 aliphatic rings. The molecule has 0 saturated heterocycles. The van der Waals surface area contributed by atoms with Crippen molar-refractivity contribution in [3.63, 3.8) is 0 Å². The third-order valence-electron chi connectivity index (χ3n) is 10.0. The standard InChI is InChI=1S/C45H87NO5/c1-4-7-10-13-18-25-34-43(35-26-19-14-11-8-5-2)51-45(49)37-28-21-17-23-30-39-46(40-31-32-41-47)38-29-22-16-20-27-36-44(48)50-42-33-24-15-12-9-6-3/h43,45,47,49H,4-14,16-23,25-42H2,1-3H3. The molecule has 0 amide bonds. The maximum atomic E-state index is 11.9. The molecular formula is C45H87NO5. The molecule has 2 N–H and O–H groups in total. The highest BCUT2D eigenvalue weighted by molar-refractivity contribution is 5.69. The van der Waals surface area contributed by atoms with Gasteiger partial charge in [-0.15, -0.1) is 5.92 Å². The fraction of sp³-hybridized carbons (Fsp3) is 0.933. The van der Waals surface area contributed by atoms with E-state index in [4.69, 9.17) is 9.47 Å². The van der Waals surface area contributed by atoms with Gasteiger partial charge < -0.3 is 24.6 Å². The summed E-state index contributed by atoms with van der Waals surface area (Å²) in [6.07, 6.45) is 35.9. The molecule has 0 aliphatic carbocycles. The van der Waals surface area contributed by atoms with Gasteiger partial charge in [0.2, 0.25) is 0 Å². The quantitative estimate of drug-likeness (QED) is 0.0284. The van der Waals surface area contributed by atoms with E-state index in [1.165, 1.54) is 109 Å². The molecule has 0 heterocycles. The highest BCUT2D eigenvalue weighted by Gasteiger charge is 2.15. The summed E-state index contributed by atoms with van der Waals surface area (Å²) in [5.41, 5.74) is 0. The number of carbonyl (C=O) groups is 1. The Labute approximate surface area is 318 Å². The molecule has 302 valence electrons. The second-order valence-electron chi connectivity index (χ2n) is 15.1. The number of nitrogens with zero attached hydrogens (tertiary/aromatic N) is 1. The summed E-state index contributed by atoms with van der Waals surface area (Å²) in [7, 11) is 0. The molecule has 0 saturated carbocycles. The molecule has 0 fully saturated rings. The maximum absolute atomic E-state index is 11.9.